The Kier molecular flexibility index (Phi) is 5.34. The molecule has 3 fully saturated rings. The lowest BCUT2D eigenvalue weighted by Gasteiger charge is -2.37. The van der Waals surface area contributed by atoms with Crippen LogP contribution in [0.4, 0.5) is 22.0 Å². The summed E-state index contributed by atoms with van der Waals surface area (Å²) >= 11 is 0. The standard InChI is InChI=1S/C23H20F5N3O3/c24-15-9-13(10-16(25)12-15)18-1-2-19-31(18)21(33)22(34-19)4-7-30(8-5-22)20(32)17-11-14(3-6-29-17)23(26,27)28/h3,6,9-12,18-19H,1-2,4-5,7-8H2/t18-,19+/m0/s1. The molecule has 4 heterocycles. The van der Waals surface area contributed by atoms with E-state index in [2.05, 4.69) is 4.98 Å². The molecule has 2 amide bonds. The highest BCUT2D eigenvalue weighted by Crippen LogP contribution is 2.47. The molecule has 0 radical (unpaired) electrons. The van der Waals surface area contributed by atoms with Gasteiger partial charge in [-0.05, 0) is 42.7 Å². The van der Waals surface area contributed by atoms with E-state index < -0.39 is 47.2 Å². The van der Waals surface area contributed by atoms with Crippen molar-refractivity contribution in [3.05, 3.63) is 65.0 Å². The quantitative estimate of drug-likeness (QED) is 0.607. The predicted molar refractivity (Wildman–Crippen MR) is 107 cm³/mol. The van der Waals surface area contributed by atoms with E-state index in [4.69, 9.17) is 4.74 Å². The Balaban J connectivity index is 1.30. The van der Waals surface area contributed by atoms with Crippen LogP contribution in [-0.4, -0.2) is 51.5 Å². The highest BCUT2D eigenvalue weighted by Gasteiger charge is 2.58. The summed E-state index contributed by atoms with van der Waals surface area (Å²) in [6.45, 7) is 0.199. The Morgan fingerprint density at radius 3 is 2.38 bits per heavy atom. The maximum absolute atomic E-state index is 13.7. The number of benzene rings is 1. The van der Waals surface area contributed by atoms with Crippen molar-refractivity contribution in [2.75, 3.05) is 13.1 Å². The van der Waals surface area contributed by atoms with Crippen molar-refractivity contribution in [3.8, 4) is 0 Å². The Morgan fingerprint density at radius 1 is 1.06 bits per heavy atom. The van der Waals surface area contributed by atoms with Gasteiger partial charge in [-0.1, -0.05) is 0 Å². The van der Waals surface area contributed by atoms with E-state index in [1.54, 1.807) is 0 Å². The topological polar surface area (TPSA) is 62.7 Å². The number of alkyl halides is 3. The average Bonchev–Trinajstić information content (AvgIpc) is 3.31. The summed E-state index contributed by atoms with van der Waals surface area (Å²) in [5, 5.41) is 0. The van der Waals surface area contributed by atoms with Gasteiger partial charge in [-0.15, -0.1) is 0 Å². The number of carbonyl (C=O) groups is 2. The first-order valence-corrected chi connectivity index (χ1v) is 10.9. The van der Waals surface area contributed by atoms with E-state index in [1.165, 1.54) is 21.9 Å². The summed E-state index contributed by atoms with van der Waals surface area (Å²) < 4.78 is 72.5. The van der Waals surface area contributed by atoms with Crippen LogP contribution in [0.3, 0.4) is 0 Å². The third-order valence-electron chi connectivity index (χ3n) is 6.75. The number of hydrogen-bond donors (Lipinski definition) is 0. The van der Waals surface area contributed by atoms with Gasteiger partial charge >= 0.3 is 6.18 Å². The van der Waals surface area contributed by atoms with E-state index in [0.717, 1.165) is 18.3 Å². The van der Waals surface area contributed by atoms with Crippen LogP contribution >= 0.6 is 0 Å². The fourth-order valence-electron chi connectivity index (χ4n) is 5.10. The second-order valence-electron chi connectivity index (χ2n) is 8.79. The minimum Gasteiger partial charge on any atom is -0.342 e. The number of halogens is 5. The molecule has 180 valence electrons. The van der Waals surface area contributed by atoms with E-state index >= 15 is 0 Å². The van der Waals surface area contributed by atoms with Gasteiger partial charge in [0.2, 0.25) is 0 Å². The van der Waals surface area contributed by atoms with Crippen molar-refractivity contribution in [2.24, 2.45) is 0 Å². The van der Waals surface area contributed by atoms with Gasteiger partial charge < -0.3 is 14.5 Å². The molecule has 1 aromatic carbocycles. The van der Waals surface area contributed by atoms with Crippen LogP contribution in [-0.2, 0) is 15.7 Å². The van der Waals surface area contributed by atoms with Gasteiger partial charge in [0.25, 0.3) is 11.8 Å². The van der Waals surface area contributed by atoms with Crippen molar-refractivity contribution in [3.63, 3.8) is 0 Å². The molecule has 0 saturated carbocycles. The molecule has 0 bridgehead atoms. The second kappa shape index (κ2) is 8.00. The maximum atomic E-state index is 13.7. The number of aromatic nitrogens is 1. The molecule has 1 spiro atoms. The van der Waals surface area contributed by atoms with Crippen LogP contribution in [0.2, 0.25) is 0 Å². The van der Waals surface area contributed by atoms with Gasteiger partial charge in [0.15, 0.2) is 5.60 Å². The maximum Gasteiger partial charge on any atom is 0.416 e. The van der Waals surface area contributed by atoms with Crippen LogP contribution in [0, 0.1) is 11.6 Å². The van der Waals surface area contributed by atoms with Crippen LogP contribution < -0.4 is 0 Å². The van der Waals surface area contributed by atoms with Crippen LogP contribution in [0.15, 0.2) is 36.5 Å². The molecule has 11 heteroatoms. The van der Waals surface area contributed by atoms with Crippen LogP contribution in [0.5, 0.6) is 0 Å². The summed E-state index contributed by atoms with van der Waals surface area (Å²) in [4.78, 5) is 32.8. The van der Waals surface area contributed by atoms with Gasteiger partial charge in [-0.3, -0.25) is 14.6 Å². The van der Waals surface area contributed by atoms with Crippen LogP contribution in [0.25, 0.3) is 0 Å². The summed E-state index contributed by atoms with van der Waals surface area (Å²) in [5.41, 5.74) is -2.10. The number of fused-ring (bicyclic) bond motifs is 1. The van der Waals surface area contributed by atoms with Crippen LogP contribution in [0.1, 0.15) is 53.3 Å². The SMILES string of the molecule is O=C(c1cc(C(F)(F)F)ccn1)N1CCC2(CC1)O[C@@H]1CC[C@@H](c3cc(F)cc(F)c3)N1C2=O. The molecule has 0 N–H and O–H groups in total. The Hall–Kier alpha value is -3.08. The Labute approximate surface area is 191 Å². The van der Waals surface area contributed by atoms with Gasteiger partial charge in [0.05, 0.1) is 11.6 Å². The first kappa shape index (κ1) is 22.7. The number of piperidine rings is 1. The number of ether oxygens (including phenoxy) is 1. The lowest BCUT2D eigenvalue weighted by Crippen LogP contribution is -2.51. The number of amides is 2. The highest BCUT2D eigenvalue weighted by molar-refractivity contribution is 5.93. The zero-order chi connectivity index (χ0) is 24.3. The molecular formula is C23H20F5N3O3. The number of rotatable bonds is 2. The molecule has 5 rings (SSSR count). The molecule has 3 saturated heterocycles. The number of pyridine rings is 1. The van der Waals surface area contributed by atoms with Crippen molar-refractivity contribution in [1.82, 2.24) is 14.8 Å². The Bertz CT molecular complexity index is 1130. The molecule has 1 aromatic heterocycles. The first-order chi connectivity index (χ1) is 16.1. The molecule has 0 unspecified atom stereocenters. The average molecular weight is 481 g/mol. The minimum absolute atomic E-state index is 0.0995. The smallest absolute Gasteiger partial charge is 0.342 e. The van der Waals surface area contributed by atoms with E-state index in [0.29, 0.717) is 24.5 Å². The lowest BCUT2D eigenvalue weighted by atomic mass is 9.89. The van der Waals surface area contributed by atoms with Gasteiger partial charge in [0, 0.05) is 38.2 Å². The summed E-state index contributed by atoms with van der Waals surface area (Å²) in [6, 6.07) is 4.17. The minimum atomic E-state index is -4.60. The summed E-state index contributed by atoms with van der Waals surface area (Å²) in [7, 11) is 0. The van der Waals surface area contributed by atoms with Crippen molar-refractivity contribution >= 4 is 11.8 Å². The van der Waals surface area contributed by atoms with E-state index in [1.807, 2.05) is 0 Å². The normalized spacial score (nSPS) is 24.1. The van der Waals surface area contributed by atoms with Gasteiger partial charge in [-0.2, -0.15) is 13.2 Å². The van der Waals surface area contributed by atoms with Crippen molar-refractivity contribution in [1.29, 1.82) is 0 Å². The van der Waals surface area contributed by atoms with E-state index in [9.17, 15) is 31.5 Å². The molecule has 6 nitrogen and oxygen atoms in total. The number of likely N-dealkylation sites (tertiary alicyclic amines) is 1. The second-order valence-corrected chi connectivity index (χ2v) is 8.79. The summed E-state index contributed by atoms with van der Waals surface area (Å²) in [6.07, 6.45) is -2.86. The molecule has 2 aromatic rings. The lowest BCUT2D eigenvalue weighted by molar-refractivity contribution is -0.142. The monoisotopic (exact) mass is 481 g/mol. The molecule has 0 aliphatic carbocycles. The molecule has 3 aliphatic rings. The van der Waals surface area contributed by atoms with Crippen molar-refractivity contribution < 1.29 is 36.3 Å². The third kappa shape index (κ3) is 3.81. The Morgan fingerprint density at radius 2 is 1.74 bits per heavy atom. The third-order valence-corrected chi connectivity index (χ3v) is 6.75. The zero-order valence-corrected chi connectivity index (χ0v) is 17.8. The number of hydrogen-bond acceptors (Lipinski definition) is 4. The first-order valence-electron chi connectivity index (χ1n) is 10.9. The number of nitrogens with zero attached hydrogens (tertiary/aromatic N) is 3. The fraction of sp³-hybridized carbons (Fsp3) is 0.435. The number of carbonyl (C=O) groups excluding carboxylic acids is 2. The molecule has 3 aliphatic heterocycles. The molecule has 2 atom stereocenters. The fourth-order valence-corrected chi connectivity index (χ4v) is 5.10. The largest absolute Gasteiger partial charge is 0.416 e. The van der Waals surface area contributed by atoms with E-state index in [-0.39, 0.29) is 37.5 Å². The molecule has 34 heavy (non-hydrogen) atoms. The predicted octanol–water partition coefficient (Wildman–Crippen LogP) is 4.07. The summed E-state index contributed by atoms with van der Waals surface area (Å²) in [5.74, 6) is -2.40. The van der Waals surface area contributed by atoms with Gasteiger partial charge in [0.1, 0.15) is 23.6 Å². The zero-order valence-electron chi connectivity index (χ0n) is 17.8. The molecular weight excluding hydrogens is 461 g/mol. The highest BCUT2D eigenvalue weighted by atomic mass is 19.4. The van der Waals surface area contributed by atoms with Gasteiger partial charge in [-0.25, -0.2) is 8.78 Å². The van der Waals surface area contributed by atoms with Crippen molar-refractivity contribution in [2.45, 2.75) is 49.7 Å².